The second-order valence-electron chi connectivity index (χ2n) is 8.25. The highest BCUT2D eigenvalue weighted by atomic mass is 16.2. The molecule has 1 aliphatic heterocycles. The zero-order valence-corrected chi connectivity index (χ0v) is 23.8. The molecule has 1 saturated heterocycles. The molecule has 2 amide bonds. The van der Waals surface area contributed by atoms with E-state index >= 15 is 0 Å². The molecule has 0 saturated carbocycles. The fraction of sp³-hybridized carbons (Fsp3) is 0.467. The van der Waals surface area contributed by atoms with E-state index in [9.17, 15) is 14.4 Å². The summed E-state index contributed by atoms with van der Waals surface area (Å²) in [5.74, 6) is -1.14. The molecule has 2 aromatic heterocycles. The highest BCUT2D eigenvalue weighted by Gasteiger charge is 2.34. The van der Waals surface area contributed by atoms with E-state index in [0.29, 0.717) is 41.8 Å². The number of benzene rings is 1. The number of aromatic amines is 1. The highest BCUT2D eigenvalue weighted by Crippen LogP contribution is 2.23. The number of aromatic nitrogens is 2. The topological polar surface area (TPSA) is 86.4 Å². The van der Waals surface area contributed by atoms with Gasteiger partial charge in [0, 0.05) is 49.0 Å². The van der Waals surface area contributed by atoms with E-state index in [0.717, 1.165) is 12.0 Å². The number of carbonyl (C=O) groups is 3. The number of Topliss-reactive ketones (excluding diaryl/α,β-unsaturated/α-hetero) is 1. The molecule has 202 valence electrons. The van der Waals surface area contributed by atoms with Crippen LogP contribution in [0, 0.1) is 0 Å². The van der Waals surface area contributed by atoms with Gasteiger partial charge >= 0.3 is 0 Å². The number of ketones is 1. The molecule has 7 heteroatoms. The van der Waals surface area contributed by atoms with Gasteiger partial charge in [-0.15, -0.1) is 0 Å². The van der Waals surface area contributed by atoms with Gasteiger partial charge in [0.2, 0.25) is 0 Å². The predicted molar refractivity (Wildman–Crippen MR) is 152 cm³/mol. The minimum absolute atomic E-state index is 0.0591. The Balaban J connectivity index is 0.000000894. The highest BCUT2D eigenvalue weighted by molar-refractivity contribution is 6.45. The van der Waals surface area contributed by atoms with Gasteiger partial charge in [0.1, 0.15) is 5.65 Å². The molecule has 3 heterocycles. The van der Waals surface area contributed by atoms with Crippen molar-refractivity contribution >= 4 is 28.6 Å². The minimum atomic E-state index is -0.543. The molecule has 1 fully saturated rings. The van der Waals surface area contributed by atoms with E-state index in [1.165, 1.54) is 6.42 Å². The molecule has 37 heavy (non-hydrogen) atoms. The molecule has 4 rings (SSSR count). The summed E-state index contributed by atoms with van der Waals surface area (Å²) in [6.07, 6.45) is 5.25. The molecule has 3 aromatic rings. The fourth-order valence-corrected chi connectivity index (χ4v) is 4.05. The van der Waals surface area contributed by atoms with E-state index in [1.54, 1.807) is 34.3 Å². The van der Waals surface area contributed by atoms with Gasteiger partial charge in [-0.3, -0.25) is 14.4 Å². The third-order valence-corrected chi connectivity index (χ3v) is 5.68. The molecule has 0 unspecified atom stereocenters. The molecule has 0 bridgehead atoms. The molecule has 7 nitrogen and oxygen atoms in total. The van der Waals surface area contributed by atoms with Crippen molar-refractivity contribution in [3.63, 3.8) is 0 Å². The van der Waals surface area contributed by atoms with E-state index < -0.39 is 11.7 Å². The van der Waals surface area contributed by atoms with Crippen LogP contribution in [0.15, 0.2) is 48.8 Å². The second-order valence-corrected chi connectivity index (χ2v) is 8.25. The second kappa shape index (κ2) is 16.3. The number of nitrogens with one attached hydrogen (secondary N) is 1. The molecule has 1 atom stereocenters. The first-order valence-corrected chi connectivity index (χ1v) is 13.6. The summed E-state index contributed by atoms with van der Waals surface area (Å²) >= 11 is 0. The maximum absolute atomic E-state index is 13.1. The number of rotatable bonds is 4. The lowest BCUT2D eigenvalue weighted by Gasteiger charge is -2.39. The Morgan fingerprint density at radius 3 is 2.16 bits per heavy atom. The quantitative estimate of drug-likeness (QED) is 0.338. The number of H-pyrrole nitrogens is 1. The Kier molecular flexibility index (Phi) is 13.9. The van der Waals surface area contributed by atoms with Gasteiger partial charge in [0.15, 0.2) is 0 Å². The van der Waals surface area contributed by atoms with Crippen molar-refractivity contribution in [3.8, 4) is 0 Å². The first kappa shape index (κ1) is 31.5. The normalized spacial score (nSPS) is 14.3. The molecule has 1 aliphatic rings. The van der Waals surface area contributed by atoms with Crippen LogP contribution in [0.25, 0.3) is 11.0 Å². The molecular weight excluding hydrogens is 464 g/mol. The van der Waals surface area contributed by atoms with Crippen molar-refractivity contribution in [1.29, 1.82) is 0 Å². The van der Waals surface area contributed by atoms with Gasteiger partial charge in [0.25, 0.3) is 17.6 Å². The number of aryl methyl sites for hydroxylation is 1. The van der Waals surface area contributed by atoms with E-state index in [2.05, 4.69) is 23.8 Å². The third-order valence-electron chi connectivity index (χ3n) is 5.68. The number of pyridine rings is 1. The number of hydrogen-bond donors (Lipinski definition) is 1. The van der Waals surface area contributed by atoms with Crippen molar-refractivity contribution in [2.75, 3.05) is 19.6 Å². The Morgan fingerprint density at radius 1 is 0.973 bits per heavy atom. The largest absolute Gasteiger partial charge is 0.345 e. The first-order chi connectivity index (χ1) is 17.9. The van der Waals surface area contributed by atoms with Crippen molar-refractivity contribution in [2.45, 2.75) is 74.3 Å². The van der Waals surface area contributed by atoms with Crippen LogP contribution in [0.2, 0.25) is 0 Å². The predicted octanol–water partition coefficient (Wildman–Crippen LogP) is 6.15. The Labute approximate surface area is 222 Å². The van der Waals surface area contributed by atoms with Gasteiger partial charge in [0.05, 0.1) is 5.56 Å². The van der Waals surface area contributed by atoms with Crippen LogP contribution in [0.3, 0.4) is 0 Å². The smallest absolute Gasteiger partial charge is 0.295 e. The summed E-state index contributed by atoms with van der Waals surface area (Å²) < 4.78 is 0. The number of carbonyl (C=O) groups excluding carboxylic acids is 3. The average molecular weight is 509 g/mol. The monoisotopic (exact) mass is 508 g/mol. The van der Waals surface area contributed by atoms with Crippen LogP contribution < -0.4 is 0 Å². The van der Waals surface area contributed by atoms with E-state index in [-0.39, 0.29) is 11.9 Å². The zero-order valence-electron chi connectivity index (χ0n) is 23.8. The van der Waals surface area contributed by atoms with Gasteiger partial charge in [-0.2, -0.15) is 0 Å². The molecule has 0 aliphatic carbocycles. The maximum atomic E-state index is 13.1. The molecule has 1 aromatic carbocycles. The Hall–Kier alpha value is -3.48. The lowest BCUT2D eigenvalue weighted by molar-refractivity contribution is -0.130. The molecule has 0 spiro atoms. The number of nitrogens with zero attached hydrogens (tertiary/aromatic N) is 3. The van der Waals surface area contributed by atoms with Crippen LogP contribution in [-0.2, 0) is 11.2 Å². The molecule has 1 N–H and O–H groups in total. The number of piperazine rings is 1. The number of amides is 2. The van der Waals surface area contributed by atoms with Crippen LogP contribution >= 0.6 is 0 Å². The summed E-state index contributed by atoms with van der Waals surface area (Å²) in [7, 11) is 0. The first-order valence-electron chi connectivity index (χ1n) is 13.6. The van der Waals surface area contributed by atoms with Crippen molar-refractivity contribution in [2.24, 2.45) is 0 Å². The average Bonchev–Trinajstić information content (AvgIpc) is 3.39. The van der Waals surface area contributed by atoms with Gasteiger partial charge in [-0.05, 0) is 37.1 Å². The maximum Gasteiger partial charge on any atom is 0.295 e. The third kappa shape index (κ3) is 7.75. The van der Waals surface area contributed by atoms with Crippen LogP contribution in [0.5, 0.6) is 0 Å². The lowest BCUT2D eigenvalue weighted by Crippen LogP contribution is -2.56. The van der Waals surface area contributed by atoms with Crippen molar-refractivity contribution < 1.29 is 14.4 Å². The summed E-state index contributed by atoms with van der Waals surface area (Å²) in [6.45, 7) is 17.2. The summed E-state index contributed by atoms with van der Waals surface area (Å²) in [5.41, 5.74) is 2.56. The number of hydrogen-bond acceptors (Lipinski definition) is 4. The SMILES string of the molecule is CC.CC.CCC.CCc1ccnc2[nH]cc(C(=O)C(=O)N3CCN(C(=O)c4ccccc4)C[C@H]3C)c12. The van der Waals surface area contributed by atoms with Crippen LogP contribution in [-0.4, -0.2) is 63.0 Å². The Morgan fingerprint density at radius 2 is 1.59 bits per heavy atom. The standard InChI is InChI=1S/C23H24N4O3.C3H8.2C2H6/c1-3-16-9-10-24-21-19(16)18(13-25-21)20(28)23(30)27-12-11-26(14-15(27)2)22(29)17-7-5-4-6-8-17;1-3-2;2*1-2/h4-10,13,15H,3,11-12,14H2,1-2H3,(H,24,25);3H2,1-2H3;2*1-2H3/t15-;;;/m1.../s1. The van der Waals surface area contributed by atoms with E-state index in [1.807, 2.05) is 65.8 Å². The van der Waals surface area contributed by atoms with Crippen LogP contribution in [0.4, 0.5) is 0 Å². The molecular formula is C30H44N4O3. The fourth-order valence-electron chi connectivity index (χ4n) is 4.05. The zero-order chi connectivity index (χ0) is 28.0. The molecule has 0 radical (unpaired) electrons. The summed E-state index contributed by atoms with van der Waals surface area (Å²) in [5, 5.41) is 0.712. The summed E-state index contributed by atoms with van der Waals surface area (Å²) in [6, 6.07) is 10.7. The summed E-state index contributed by atoms with van der Waals surface area (Å²) in [4.78, 5) is 49.4. The van der Waals surface area contributed by atoms with Gasteiger partial charge in [-0.25, -0.2) is 4.98 Å². The van der Waals surface area contributed by atoms with Gasteiger partial charge in [-0.1, -0.05) is 73.1 Å². The Bertz CT molecular complexity index is 1120. The van der Waals surface area contributed by atoms with E-state index in [4.69, 9.17) is 0 Å². The minimum Gasteiger partial charge on any atom is -0.345 e. The van der Waals surface area contributed by atoms with Crippen molar-refractivity contribution in [3.05, 3.63) is 65.5 Å². The van der Waals surface area contributed by atoms with Crippen LogP contribution in [0.1, 0.15) is 88.1 Å². The van der Waals surface area contributed by atoms with Crippen molar-refractivity contribution in [1.82, 2.24) is 19.8 Å². The lowest BCUT2D eigenvalue weighted by atomic mass is 10.0. The van der Waals surface area contributed by atoms with Gasteiger partial charge < -0.3 is 14.8 Å². The number of fused-ring (bicyclic) bond motifs is 1.